The summed E-state index contributed by atoms with van der Waals surface area (Å²) in [4.78, 5) is 11.6. The zero-order chi connectivity index (χ0) is 12.7. The maximum atomic E-state index is 11.6. The first-order valence-electron chi connectivity index (χ1n) is 6.02. The first-order valence-corrected chi connectivity index (χ1v) is 6.02. The number of aryl methyl sites for hydroxylation is 1. The van der Waals surface area contributed by atoms with Crippen molar-refractivity contribution in [2.45, 2.75) is 38.6 Å². The Labute approximate surface area is 103 Å². The SMILES string of the molecule is COc1ccc(CCC(=O)CCC(C)N)cc1. The maximum Gasteiger partial charge on any atom is 0.133 e. The van der Waals surface area contributed by atoms with Crippen LogP contribution in [-0.2, 0) is 11.2 Å². The third-order valence-corrected chi connectivity index (χ3v) is 2.73. The molecule has 0 aliphatic heterocycles. The third kappa shape index (κ3) is 5.50. The second kappa shape index (κ2) is 7.07. The van der Waals surface area contributed by atoms with Crippen LogP contribution >= 0.6 is 0 Å². The Bertz CT molecular complexity index is 344. The number of Topliss-reactive ketones (excluding diaryl/α,β-unsaturated/α-hetero) is 1. The zero-order valence-corrected chi connectivity index (χ0v) is 10.6. The average molecular weight is 235 g/mol. The topological polar surface area (TPSA) is 52.3 Å². The second-order valence-corrected chi connectivity index (χ2v) is 4.40. The number of hydrogen-bond donors (Lipinski definition) is 1. The summed E-state index contributed by atoms with van der Waals surface area (Å²) in [5, 5.41) is 0. The Morgan fingerprint density at radius 3 is 2.47 bits per heavy atom. The third-order valence-electron chi connectivity index (χ3n) is 2.73. The van der Waals surface area contributed by atoms with Crippen molar-refractivity contribution >= 4 is 5.78 Å². The minimum Gasteiger partial charge on any atom is -0.497 e. The van der Waals surface area contributed by atoms with Gasteiger partial charge in [-0.3, -0.25) is 4.79 Å². The van der Waals surface area contributed by atoms with Gasteiger partial charge in [-0.25, -0.2) is 0 Å². The minimum atomic E-state index is 0.111. The van der Waals surface area contributed by atoms with Gasteiger partial charge < -0.3 is 10.5 Å². The van der Waals surface area contributed by atoms with Crippen LogP contribution in [0.4, 0.5) is 0 Å². The first kappa shape index (κ1) is 13.7. The van der Waals surface area contributed by atoms with Gasteiger partial charge in [-0.15, -0.1) is 0 Å². The molecule has 0 radical (unpaired) electrons. The summed E-state index contributed by atoms with van der Waals surface area (Å²) < 4.78 is 5.08. The summed E-state index contributed by atoms with van der Waals surface area (Å²) >= 11 is 0. The molecule has 94 valence electrons. The molecule has 0 aromatic heterocycles. The van der Waals surface area contributed by atoms with E-state index < -0.39 is 0 Å². The van der Waals surface area contributed by atoms with Crippen molar-refractivity contribution in [3.63, 3.8) is 0 Å². The lowest BCUT2D eigenvalue weighted by Gasteiger charge is -2.05. The van der Waals surface area contributed by atoms with E-state index in [1.165, 1.54) is 5.56 Å². The molecule has 0 aliphatic rings. The largest absolute Gasteiger partial charge is 0.497 e. The Kier molecular flexibility index (Phi) is 5.70. The number of nitrogens with two attached hydrogens (primary N) is 1. The highest BCUT2D eigenvalue weighted by atomic mass is 16.5. The fourth-order valence-corrected chi connectivity index (χ4v) is 1.59. The Hall–Kier alpha value is -1.35. The van der Waals surface area contributed by atoms with E-state index >= 15 is 0 Å². The van der Waals surface area contributed by atoms with Crippen LogP contribution in [-0.4, -0.2) is 18.9 Å². The highest BCUT2D eigenvalue weighted by Crippen LogP contribution is 2.13. The lowest BCUT2D eigenvalue weighted by atomic mass is 10.0. The molecule has 1 rings (SSSR count). The van der Waals surface area contributed by atoms with Crippen molar-refractivity contribution in [3.8, 4) is 5.75 Å². The molecular formula is C14H21NO2. The summed E-state index contributed by atoms with van der Waals surface area (Å²) in [7, 11) is 1.65. The number of ether oxygens (including phenoxy) is 1. The number of methoxy groups -OCH3 is 1. The van der Waals surface area contributed by atoms with Crippen molar-refractivity contribution in [3.05, 3.63) is 29.8 Å². The Morgan fingerprint density at radius 2 is 1.94 bits per heavy atom. The molecule has 1 aromatic rings. The van der Waals surface area contributed by atoms with Gasteiger partial charge >= 0.3 is 0 Å². The number of ketones is 1. The van der Waals surface area contributed by atoms with E-state index in [-0.39, 0.29) is 11.8 Å². The molecule has 1 aromatic carbocycles. The fraction of sp³-hybridized carbons (Fsp3) is 0.500. The molecule has 0 fully saturated rings. The lowest BCUT2D eigenvalue weighted by Crippen LogP contribution is -2.16. The van der Waals surface area contributed by atoms with E-state index in [0.29, 0.717) is 12.8 Å². The van der Waals surface area contributed by atoms with Gasteiger partial charge in [0.1, 0.15) is 11.5 Å². The average Bonchev–Trinajstić information content (AvgIpc) is 2.34. The predicted molar refractivity (Wildman–Crippen MR) is 69.2 cm³/mol. The van der Waals surface area contributed by atoms with Crippen molar-refractivity contribution in [2.24, 2.45) is 5.73 Å². The van der Waals surface area contributed by atoms with Gasteiger partial charge in [0.05, 0.1) is 7.11 Å². The smallest absolute Gasteiger partial charge is 0.133 e. The highest BCUT2D eigenvalue weighted by molar-refractivity contribution is 5.78. The molecule has 0 amide bonds. The van der Waals surface area contributed by atoms with Crippen LogP contribution in [0.2, 0.25) is 0 Å². The molecule has 1 unspecified atom stereocenters. The van der Waals surface area contributed by atoms with Crippen molar-refractivity contribution in [1.29, 1.82) is 0 Å². The maximum absolute atomic E-state index is 11.6. The number of carbonyl (C=O) groups excluding carboxylic acids is 1. The van der Waals surface area contributed by atoms with Crippen LogP contribution in [0.5, 0.6) is 5.75 Å². The van der Waals surface area contributed by atoms with E-state index in [0.717, 1.165) is 18.6 Å². The van der Waals surface area contributed by atoms with Crippen LogP contribution in [0.3, 0.4) is 0 Å². The van der Waals surface area contributed by atoms with Crippen LogP contribution in [0.1, 0.15) is 31.7 Å². The molecule has 3 heteroatoms. The minimum absolute atomic E-state index is 0.111. The van der Waals surface area contributed by atoms with E-state index in [9.17, 15) is 4.79 Å². The van der Waals surface area contributed by atoms with Crippen LogP contribution < -0.4 is 10.5 Å². The number of rotatable bonds is 7. The van der Waals surface area contributed by atoms with E-state index in [2.05, 4.69) is 0 Å². The van der Waals surface area contributed by atoms with Crippen LogP contribution in [0.25, 0.3) is 0 Å². The van der Waals surface area contributed by atoms with E-state index in [4.69, 9.17) is 10.5 Å². The van der Waals surface area contributed by atoms with Gasteiger partial charge in [0.2, 0.25) is 0 Å². The van der Waals surface area contributed by atoms with Gasteiger partial charge in [-0.1, -0.05) is 12.1 Å². The number of hydrogen-bond acceptors (Lipinski definition) is 3. The molecule has 0 saturated heterocycles. The van der Waals surface area contributed by atoms with Crippen LogP contribution in [0, 0.1) is 0 Å². The monoisotopic (exact) mass is 235 g/mol. The number of carbonyl (C=O) groups is 1. The predicted octanol–water partition coefficient (Wildman–Crippen LogP) is 2.32. The van der Waals surface area contributed by atoms with E-state index in [1.807, 2.05) is 31.2 Å². The second-order valence-electron chi connectivity index (χ2n) is 4.40. The molecule has 0 heterocycles. The van der Waals surface area contributed by atoms with Crippen molar-refractivity contribution in [1.82, 2.24) is 0 Å². The van der Waals surface area contributed by atoms with Gasteiger partial charge in [-0.05, 0) is 37.5 Å². The van der Waals surface area contributed by atoms with Crippen molar-refractivity contribution in [2.75, 3.05) is 7.11 Å². The summed E-state index contributed by atoms with van der Waals surface area (Å²) in [5.41, 5.74) is 6.78. The first-order chi connectivity index (χ1) is 8.11. The van der Waals surface area contributed by atoms with Gasteiger partial charge in [0.15, 0.2) is 0 Å². The standard InChI is InChI=1S/C14H21NO2/c1-11(15)3-7-13(16)8-4-12-5-9-14(17-2)10-6-12/h5-6,9-11H,3-4,7-8,15H2,1-2H3. The van der Waals surface area contributed by atoms with Gasteiger partial charge in [0.25, 0.3) is 0 Å². The molecule has 1 atom stereocenters. The normalized spacial score (nSPS) is 12.2. The van der Waals surface area contributed by atoms with Crippen LogP contribution in [0.15, 0.2) is 24.3 Å². The summed E-state index contributed by atoms with van der Waals surface area (Å²) in [6.07, 6.45) is 2.76. The molecular weight excluding hydrogens is 214 g/mol. The molecule has 0 aliphatic carbocycles. The number of benzene rings is 1. The molecule has 17 heavy (non-hydrogen) atoms. The van der Waals surface area contributed by atoms with E-state index in [1.54, 1.807) is 7.11 Å². The summed E-state index contributed by atoms with van der Waals surface area (Å²) in [6, 6.07) is 7.94. The fourth-order valence-electron chi connectivity index (χ4n) is 1.59. The Morgan fingerprint density at radius 1 is 1.29 bits per heavy atom. The summed E-state index contributed by atoms with van der Waals surface area (Å²) in [5.74, 6) is 1.13. The molecule has 0 bridgehead atoms. The molecule has 2 N–H and O–H groups in total. The molecule has 0 saturated carbocycles. The summed E-state index contributed by atoms with van der Waals surface area (Å²) in [6.45, 7) is 1.93. The van der Waals surface area contributed by atoms with Crippen molar-refractivity contribution < 1.29 is 9.53 Å². The molecule has 3 nitrogen and oxygen atoms in total. The van der Waals surface area contributed by atoms with Gasteiger partial charge in [0, 0.05) is 18.9 Å². The van der Waals surface area contributed by atoms with Gasteiger partial charge in [-0.2, -0.15) is 0 Å². The molecule has 0 spiro atoms. The lowest BCUT2D eigenvalue weighted by molar-refractivity contribution is -0.119. The zero-order valence-electron chi connectivity index (χ0n) is 10.6. The highest BCUT2D eigenvalue weighted by Gasteiger charge is 2.04. The quantitative estimate of drug-likeness (QED) is 0.789. The Balaban J connectivity index is 2.31.